The summed E-state index contributed by atoms with van der Waals surface area (Å²) in [5.41, 5.74) is 1.48. The first-order valence-corrected chi connectivity index (χ1v) is 6.55. The van der Waals surface area contributed by atoms with E-state index in [0.717, 1.165) is 0 Å². The molecule has 0 aromatic heterocycles. The van der Waals surface area contributed by atoms with Crippen LogP contribution in [0.3, 0.4) is 0 Å². The number of hydrogen-bond donors (Lipinski definition) is 0. The van der Waals surface area contributed by atoms with Crippen LogP contribution in [0.4, 0.5) is 0 Å². The molecule has 72 valence electrons. The highest BCUT2D eigenvalue weighted by atomic mass is 127. The molecule has 13 heavy (non-hydrogen) atoms. The lowest BCUT2D eigenvalue weighted by Crippen LogP contribution is -1.89. The van der Waals surface area contributed by atoms with Gasteiger partial charge >= 0.3 is 0 Å². The Bertz CT molecular complexity index is 271. The van der Waals surface area contributed by atoms with Crippen molar-refractivity contribution in [1.82, 2.24) is 0 Å². The maximum absolute atomic E-state index is 3.47. The number of rotatable bonds is 4. The lowest BCUT2D eigenvalue weighted by atomic mass is 10.1. The van der Waals surface area contributed by atoms with Crippen molar-refractivity contribution in [3.05, 3.63) is 31.8 Å². The molecule has 2 heteroatoms. The third-order valence-corrected chi connectivity index (χ3v) is 3.56. The molecular weight excluding hydrogens is 339 g/mol. The van der Waals surface area contributed by atoms with Gasteiger partial charge in [0.25, 0.3) is 0 Å². The van der Waals surface area contributed by atoms with Gasteiger partial charge in [0.15, 0.2) is 0 Å². The van der Waals surface area contributed by atoms with Gasteiger partial charge in [-0.05, 0) is 53.1 Å². The van der Waals surface area contributed by atoms with Crippen LogP contribution in [0, 0.1) is 3.57 Å². The molecule has 0 atom stereocenters. The summed E-state index contributed by atoms with van der Waals surface area (Å²) in [5, 5.41) is 0. The predicted molar refractivity (Wildman–Crippen MR) is 70.1 cm³/mol. The second-order valence-corrected chi connectivity index (χ2v) is 5.27. The number of hydrogen-bond acceptors (Lipinski definition) is 0. The first-order chi connectivity index (χ1) is 6.24. The Kier molecular flexibility index (Phi) is 5.32. The molecule has 0 heterocycles. The van der Waals surface area contributed by atoms with E-state index >= 15 is 0 Å². The predicted octanol–water partition coefficient (Wildman–Crippen LogP) is 4.79. The van der Waals surface area contributed by atoms with Gasteiger partial charge in [0.2, 0.25) is 0 Å². The van der Waals surface area contributed by atoms with Gasteiger partial charge in [-0.25, -0.2) is 0 Å². The highest BCUT2D eigenvalue weighted by molar-refractivity contribution is 14.1. The zero-order valence-electron chi connectivity index (χ0n) is 7.82. The standard InChI is InChI=1S/C11H14BrI/c1-2-3-4-5-9-6-7-10(12)8-11(9)13/h6-8H,2-5H2,1H3. The summed E-state index contributed by atoms with van der Waals surface area (Å²) >= 11 is 5.88. The molecule has 0 N–H and O–H groups in total. The fourth-order valence-electron chi connectivity index (χ4n) is 1.29. The molecule has 0 bridgehead atoms. The van der Waals surface area contributed by atoms with E-state index in [4.69, 9.17) is 0 Å². The molecular formula is C11H14BrI. The van der Waals surface area contributed by atoms with Crippen LogP contribution in [-0.4, -0.2) is 0 Å². The van der Waals surface area contributed by atoms with Gasteiger partial charge < -0.3 is 0 Å². The van der Waals surface area contributed by atoms with Gasteiger partial charge in [0, 0.05) is 8.04 Å². The van der Waals surface area contributed by atoms with Crippen LogP contribution in [0.2, 0.25) is 0 Å². The summed E-state index contributed by atoms with van der Waals surface area (Å²) in [6, 6.07) is 6.53. The minimum Gasteiger partial charge on any atom is -0.0654 e. The summed E-state index contributed by atoms with van der Waals surface area (Å²) in [4.78, 5) is 0. The third-order valence-electron chi connectivity index (χ3n) is 2.06. The Balaban J connectivity index is 2.56. The lowest BCUT2D eigenvalue weighted by Gasteiger charge is -2.04. The van der Waals surface area contributed by atoms with Gasteiger partial charge in [0.1, 0.15) is 0 Å². The van der Waals surface area contributed by atoms with Crippen LogP contribution < -0.4 is 0 Å². The van der Waals surface area contributed by atoms with Gasteiger partial charge in [-0.2, -0.15) is 0 Å². The maximum Gasteiger partial charge on any atom is 0.0185 e. The van der Waals surface area contributed by atoms with Crippen molar-refractivity contribution < 1.29 is 0 Å². The van der Waals surface area contributed by atoms with Crippen LogP contribution >= 0.6 is 38.5 Å². The Labute approximate surface area is 102 Å². The van der Waals surface area contributed by atoms with Crippen LogP contribution in [0.5, 0.6) is 0 Å². The molecule has 0 amide bonds. The molecule has 0 saturated heterocycles. The Morgan fingerprint density at radius 1 is 1.31 bits per heavy atom. The van der Waals surface area contributed by atoms with E-state index < -0.39 is 0 Å². The highest BCUT2D eigenvalue weighted by Crippen LogP contribution is 2.20. The van der Waals surface area contributed by atoms with Crippen molar-refractivity contribution in [3.63, 3.8) is 0 Å². The second kappa shape index (κ2) is 6.02. The summed E-state index contributed by atoms with van der Waals surface area (Å²) in [7, 11) is 0. The van der Waals surface area contributed by atoms with E-state index in [-0.39, 0.29) is 0 Å². The molecule has 1 aromatic rings. The fourth-order valence-corrected chi connectivity index (χ4v) is 2.86. The summed E-state index contributed by atoms with van der Waals surface area (Å²) in [5.74, 6) is 0. The molecule has 0 unspecified atom stereocenters. The average molecular weight is 353 g/mol. The number of unbranched alkanes of at least 4 members (excludes halogenated alkanes) is 2. The number of benzene rings is 1. The molecule has 0 fully saturated rings. The minimum absolute atomic E-state index is 1.18. The van der Waals surface area contributed by atoms with Gasteiger partial charge in [0.05, 0.1) is 0 Å². The molecule has 0 nitrogen and oxygen atoms in total. The third kappa shape index (κ3) is 3.98. The first-order valence-electron chi connectivity index (χ1n) is 4.68. The molecule has 0 aliphatic heterocycles. The van der Waals surface area contributed by atoms with Gasteiger partial charge in [-0.3, -0.25) is 0 Å². The molecule has 0 radical (unpaired) electrons. The first kappa shape index (κ1) is 11.5. The van der Waals surface area contributed by atoms with Crippen LogP contribution in [0.1, 0.15) is 31.7 Å². The Hall–Kier alpha value is 0.430. The van der Waals surface area contributed by atoms with E-state index in [0.29, 0.717) is 0 Å². The molecule has 0 aliphatic rings. The molecule has 1 rings (SSSR count). The summed E-state index contributed by atoms with van der Waals surface area (Å²) < 4.78 is 2.55. The average Bonchev–Trinajstić information content (AvgIpc) is 2.09. The topological polar surface area (TPSA) is 0 Å². The smallest absolute Gasteiger partial charge is 0.0185 e. The van der Waals surface area contributed by atoms with Gasteiger partial charge in [-0.15, -0.1) is 0 Å². The lowest BCUT2D eigenvalue weighted by molar-refractivity contribution is 0.716. The van der Waals surface area contributed by atoms with E-state index in [1.54, 1.807) is 0 Å². The zero-order valence-corrected chi connectivity index (χ0v) is 11.6. The zero-order chi connectivity index (χ0) is 9.68. The van der Waals surface area contributed by atoms with E-state index in [1.807, 2.05) is 0 Å². The van der Waals surface area contributed by atoms with Crippen LogP contribution in [0.25, 0.3) is 0 Å². The van der Waals surface area contributed by atoms with E-state index in [9.17, 15) is 0 Å². The van der Waals surface area contributed by atoms with Crippen molar-refractivity contribution in [2.24, 2.45) is 0 Å². The van der Waals surface area contributed by atoms with Crippen molar-refractivity contribution in [1.29, 1.82) is 0 Å². The summed E-state index contributed by atoms with van der Waals surface area (Å²) in [6.45, 7) is 2.24. The molecule has 0 spiro atoms. The van der Waals surface area contributed by atoms with Crippen molar-refractivity contribution in [2.45, 2.75) is 32.6 Å². The minimum atomic E-state index is 1.18. The van der Waals surface area contributed by atoms with Crippen LogP contribution in [-0.2, 0) is 6.42 Å². The van der Waals surface area contributed by atoms with Gasteiger partial charge in [-0.1, -0.05) is 41.8 Å². The largest absolute Gasteiger partial charge is 0.0654 e. The summed E-state index contributed by atoms with van der Waals surface area (Å²) in [6.07, 6.45) is 5.17. The Morgan fingerprint density at radius 2 is 2.08 bits per heavy atom. The second-order valence-electron chi connectivity index (χ2n) is 3.19. The van der Waals surface area contributed by atoms with Crippen molar-refractivity contribution >= 4 is 38.5 Å². The highest BCUT2D eigenvalue weighted by Gasteiger charge is 1.99. The number of halogens is 2. The fraction of sp³-hybridized carbons (Fsp3) is 0.455. The normalized spacial score (nSPS) is 10.4. The van der Waals surface area contributed by atoms with Crippen molar-refractivity contribution in [3.8, 4) is 0 Å². The SMILES string of the molecule is CCCCCc1ccc(Br)cc1I. The van der Waals surface area contributed by atoms with E-state index in [1.165, 1.54) is 39.3 Å². The molecule has 0 saturated carbocycles. The maximum atomic E-state index is 3.47. The van der Waals surface area contributed by atoms with E-state index in [2.05, 4.69) is 63.6 Å². The van der Waals surface area contributed by atoms with Crippen molar-refractivity contribution in [2.75, 3.05) is 0 Å². The Morgan fingerprint density at radius 3 is 2.69 bits per heavy atom. The van der Waals surface area contributed by atoms with Crippen LogP contribution in [0.15, 0.2) is 22.7 Å². The monoisotopic (exact) mass is 352 g/mol. The molecule has 0 aliphatic carbocycles. The quantitative estimate of drug-likeness (QED) is 0.540. The number of aryl methyl sites for hydroxylation is 1. The molecule has 1 aromatic carbocycles.